The molecule has 1 fully saturated rings. The average molecular weight is 355 g/mol. The van der Waals surface area contributed by atoms with Crippen LogP contribution in [-0.2, 0) is 17.9 Å². The molecule has 3 rings (SSSR count). The van der Waals surface area contributed by atoms with Gasteiger partial charge in [0, 0.05) is 39.1 Å². The van der Waals surface area contributed by atoms with Crippen molar-refractivity contribution in [2.24, 2.45) is 0 Å². The van der Waals surface area contributed by atoms with E-state index in [0.29, 0.717) is 24.6 Å². The zero-order valence-electron chi connectivity index (χ0n) is 15.3. The van der Waals surface area contributed by atoms with Crippen molar-refractivity contribution in [3.63, 3.8) is 0 Å². The molecule has 1 N–H and O–H groups in total. The zero-order valence-corrected chi connectivity index (χ0v) is 15.3. The average Bonchev–Trinajstić information content (AvgIpc) is 3.09. The van der Waals surface area contributed by atoms with E-state index < -0.39 is 0 Å². The highest BCUT2D eigenvalue weighted by atomic mass is 16.4. The summed E-state index contributed by atoms with van der Waals surface area (Å²) in [5, 5.41) is 2.67. The Morgan fingerprint density at radius 1 is 1.15 bits per heavy atom. The van der Waals surface area contributed by atoms with Crippen molar-refractivity contribution < 1.29 is 14.0 Å². The lowest BCUT2D eigenvalue weighted by Crippen LogP contribution is -2.53. The summed E-state index contributed by atoms with van der Waals surface area (Å²) in [6.07, 6.45) is 0. The number of amides is 2. The van der Waals surface area contributed by atoms with Gasteiger partial charge in [0.2, 0.25) is 5.91 Å². The minimum absolute atomic E-state index is 0.0917. The van der Waals surface area contributed by atoms with Crippen LogP contribution in [0.3, 0.4) is 0 Å². The van der Waals surface area contributed by atoms with Gasteiger partial charge in [-0.1, -0.05) is 30.3 Å². The molecule has 1 aromatic heterocycles. The molecule has 26 heavy (non-hydrogen) atoms. The Hall–Kier alpha value is -2.60. The number of rotatable bonds is 5. The highest BCUT2D eigenvalue weighted by Crippen LogP contribution is 2.17. The van der Waals surface area contributed by atoms with Crippen molar-refractivity contribution in [1.82, 2.24) is 15.1 Å². The Bertz CT molecular complexity index is 757. The van der Waals surface area contributed by atoms with Crippen molar-refractivity contribution in [1.29, 1.82) is 0 Å². The molecule has 1 saturated heterocycles. The molecule has 1 atom stereocenters. The molecule has 0 radical (unpaired) electrons. The van der Waals surface area contributed by atoms with E-state index in [4.69, 9.17) is 4.42 Å². The quantitative estimate of drug-likeness (QED) is 0.893. The second kappa shape index (κ2) is 8.19. The van der Waals surface area contributed by atoms with Crippen LogP contribution in [0, 0.1) is 0 Å². The second-order valence-electron chi connectivity index (χ2n) is 6.74. The van der Waals surface area contributed by atoms with Gasteiger partial charge in [0.25, 0.3) is 5.91 Å². The molecule has 2 aromatic rings. The molecule has 1 aliphatic heterocycles. The molecule has 1 aromatic carbocycles. The monoisotopic (exact) mass is 355 g/mol. The molecule has 138 valence electrons. The summed E-state index contributed by atoms with van der Waals surface area (Å²) < 4.78 is 5.60. The van der Waals surface area contributed by atoms with E-state index in [1.54, 1.807) is 12.1 Å². The van der Waals surface area contributed by atoms with Crippen molar-refractivity contribution in [3.8, 4) is 0 Å². The van der Waals surface area contributed by atoms with Crippen molar-refractivity contribution >= 4 is 11.8 Å². The van der Waals surface area contributed by atoms with Gasteiger partial charge in [0.05, 0.1) is 6.54 Å². The van der Waals surface area contributed by atoms with Gasteiger partial charge in [-0.3, -0.25) is 14.5 Å². The number of furan rings is 1. The maximum Gasteiger partial charge on any atom is 0.289 e. The molecule has 2 amide bonds. The summed E-state index contributed by atoms with van der Waals surface area (Å²) >= 11 is 0. The number of carbonyl (C=O) groups is 2. The third kappa shape index (κ3) is 4.52. The summed E-state index contributed by atoms with van der Waals surface area (Å²) in [6, 6.07) is 13.9. The highest BCUT2D eigenvalue weighted by molar-refractivity contribution is 5.91. The number of benzene rings is 1. The Morgan fingerprint density at radius 2 is 1.92 bits per heavy atom. The van der Waals surface area contributed by atoms with Gasteiger partial charge in [-0.05, 0) is 24.6 Å². The number of hydrogen-bond acceptors (Lipinski definition) is 4. The van der Waals surface area contributed by atoms with E-state index in [-0.39, 0.29) is 17.9 Å². The number of carbonyl (C=O) groups excluding carboxylic acids is 2. The molecule has 0 bridgehead atoms. The summed E-state index contributed by atoms with van der Waals surface area (Å²) in [6.45, 7) is 7.05. The van der Waals surface area contributed by atoms with Crippen LogP contribution < -0.4 is 5.32 Å². The smallest absolute Gasteiger partial charge is 0.289 e. The Balaban J connectivity index is 1.57. The summed E-state index contributed by atoms with van der Waals surface area (Å²) in [5.41, 5.74) is 1.29. The first-order valence-electron chi connectivity index (χ1n) is 8.93. The zero-order chi connectivity index (χ0) is 18.5. The van der Waals surface area contributed by atoms with E-state index >= 15 is 0 Å². The minimum atomic E-state index is -0.127. The third-order valence-corrected chi connectivity index (χ3v) is 4.61. The molecule has 0 spiro atoms. The Morgan fingerprint density at radius 3 is 2.62 bits per heavy atom. The lowest BCUT2D eigenvalue weighted by molar-refractivity contribution is -0.119. The first kappa shape index (κ1) is 18.2. The van der Waals surface area contributed by atoms with Crippen molar-refractivity contribution in [3.05, 3.63) is 59.5 Å². The standard InChI is InChI=1S/C20H25N3O3/c1-15-13-22(14-17-6-4-3-5-7-17)10-11-23(15)20(25)19-9-8-18(26-19)12-21-16(2)24/h3-9,15H,10-14H2,1-2H3,(H,21,24). The van der Waals surface area contributed by atoms with Crippen LogP contribution in [0.25, 0.3) is 0 Å². The second-order valence-corrected chi connectivity index (χ2v) is 6.74. The van der Waals surface area contributed by atoms with E-state index in [9.17, 15) is 9.59 Å². The first-order valence-corrected chi connectivity index (χ1v) is 8.93. The maximum absolute atomic E-state index is 12.8. The molecule has 6 heteroatoms. The van der Waals surface area contributed by atoms with Crippen molar-refractivity contribution in [2.75, 3.05) is 19.6 Å². The predicted octanol–water partition coefficient (Wildman–Crippen LogP) is 2.26. The van der Waals surface area contributed by atoms with Crippen LogP contribution in [0.1, 0.15) is 35.7 Å². The lowest BCUT2D eigenvalue weighted by Gasteiger charge is -2.39. The SMILES string of the molecule is CC(=O)NCc1ccc(C(=O)N2CCN(Cc3ccccc3)CC2C)o1. The van der Waals surface area contributed by atoms with Crippen LogP contribution in [0.4, 0.5) is 0 Å². The maximum atomic E-state index is 12.8. The van der Waals surface area contributed by atoms with Gasteiger partial charge >= 0.3 is 0 Å². The van der Waals surface area contributed by atoms with Gasteiger partial charge in [0.15, 0.2) is 5.76 Å². The molecule has 1 aliphatic rings. The van der Waals surface area contributed by atoms with Gasteiger partial charge in [-0.25, -0.2) is 0 Å². The van der Waals surface area contributed by atoms with E-state index in [0.717, 1.165) is 19.6 Å². The third-order valence-electron chi connectivity index (χ3n) is 4.61. The van der Waals surface area contributed by atoms with E-state index in [1.165, 1.54) is 12.5 Å². The van der Waals surface area contributed by atoms with Crippen LogP contribution in [0.15, 0.2) is 46.9 Å². The number of nitrogens with one attached hydrogen (secondary N) is 1. The van der Waals surface area contributed by atoms with Gasteiger partial charge in [0.1, 0.15) is 5.76 Å². The molecular weight excluding hydrogens is 330 g/mol. The minimum Gasteiger partial charge on any atom is -0.454 e. The van der Waals surface area contributed by atoms with Gasteiger partial charge < -0.3 is 14.6 Å². The van der Waals surface area contributed by atoms with Crippen LogP contribution in [-0.4, -0.2) is 47.3 Å². The predicted molar refractivity (Wildman–Crippen MR) is 98.4 cm³/mol. The fraction of sp³-hybridized carbons (Fsp3) is 0.400. The number of hydrogen-bond donors (Lipinski definition) is 1. The van der Waals surface area contributed by atoms with E-state index in [2.05, 4.69) is 29.3 Å². The highest BCUT2D eigenvalue weighted by Gasteiger charge is 2.29. The van der Waals surface area contributed by atoms with Crippen LogP contribution >= 0.6 is 0 Å². The fourth-order valence-electron chi connectivity index (χ4n) is 3.26. The van der Waals surface area contributed by atoms with Crippen LogP contribution in [0.2, 0.25) is 0 Å². The first-order chi connectivity index (χ1) is 12.5. The Kier molecular flexibility index (Phi) is 5.73. The number of piperazine rings is 1. The van der Waals surface area contributed by atoms with Crippen molar-refractivity contribution in [2.45, 2.75) is 33.0 Å². The van der Waals surface area contributed by atoms with Gasteiger partial charge in [-0.2, -0.15) is 0 Å². The topological polar surface area (TPSA) is 65.8 Å². The molecule has 1 unspecified atom stereocenters. The molecule has 0 aliphatic carbocycles. The molecule has 2 heterocycles. The summed E-state index contributed by atoms with van der Waals surface area (Å²) in [5.74, 6) is 0.691. The van der Waals surface area contributed by atoms with E-state index in [1.807, 2.05) is 23.1 Å². The molecular formula is C20H25N3O3. The lowest BCUT2D eigenvalue weighted by atomic mass is 10.1. The molecule has 6 nitrogen and oxygen atoms in total. The Labute approximate surface area is 153 Å². The largest absolute Gasteiger partial charge is 0.454 e. The molecule has 0 saturated carbocycles. The normalized spacial score (nSPS) is 17.9. The fourth-order valence-corrected chi connectivity index (χ4v) is 3.26. The number of nitrogens with zero attached hydrogens (tertiary/aromatic N) is 2. The van der Waals surface area contributed by atoms with Crippen LogP contribution in [0.5, 0.6) is 0 Å². The summed E-state index contributed by atoms with van der Waals surface area (Å²) in [7, 11) is 0. The van der Waals surface area contributed by atoms with Gasteiger partial charge in [-0.15, -0.1) is 0 Å². The summed E-state index contributed by atoms with van der Waals surface area (Å²) in [4.78, 5) is 28.0.